The lowest BCUT2D eigenvalue weighted by Crippen LogP contribution is -2.38. The van der Waals surface area contributed by atoms with Gasteiger partial charge in [-0.1, -0.05) is 32.1 Å². The number of nitrogens with zero attached hydrogens (tertiary/aromatic N) is 1. The van der Waals surface area contributed by atoms with Gasteiger partial charge in [0.1, 0.15) is 0 Å². The number of carbonyl (C=O) groups is 1. The fourth-order valence-corrected chi connectivity index (χ4v) is 4.28. The minimum Gasteiger partial charge on any atom is -0.381 e. The highest BCUT2D eigenvalue weighted by Crippen LogP contribution is 2.37. The van der Waals surface area contributed by atoms with Crippen molar-refractivity contribution in [2.24, 2.45) is 11.3 Å². The molecule has 0 aromatic carbocycles. The number of rotatable bonds is 5. The summed E-state index contributed by atoms with van der Waals surface area (Å²) in [5, 5.41) is 3.12. The number of hydrogen-bond donors (Lipinski definition) is 1. The fourth-order valence-electron chi connectivity index (χ4n) is 4.28. The standard InChI is InChI=1S/C17H30N2O2/c20-16(18-9-6-15-4-2-1-3-5-15)12-19-10-7-17(13-19)8-11-21-14-17/h15H,1-14H2,(H,18,20)/t17-/m0/s1. The first-order chi connectivity index (χ1) is 10.3. The second-order valence-corrected chi connectivity index (χ2v) is 7.41. The van der Waals surface area contributed by atoms with E-state index in [1.807, 2.05) is 0 Å². The number of hydrogen-bond acceptors (Lipinski definition) is 3. The van der Waals surface area contributed by atoms with Gasteiger partial charge in [0.05, 0.1) is 13.2 Å². The molecule has 2 heterocycles. The van der Waals surface area contributed by atoms with Gasteiger partial charge in [0.25, 0.3) is 0 Å². The number of likely N-dealkylation sites (tertiary alicyclic amines) is 1. The molecule has 0 bridgehead atoms. The van der Waals surface area contributed by atoms with Gasteiger partial charge < -0.3 is 10.1 Å². The van der Waals surface area contributed by atoms with E-state index in [9.17, 15) is 4.79 Å². The topological polar surface area (TPSA) is 41.6 Å². The van der Waals surface area contributed by atoms with Crippen LogP contribution in [0.5, 0.6) is 0 Å². The van der Waals surface area contributed by atoms with Crippen molar-refractivity contribution >= 4 is 5.91 Å². The van der Waals surface area contributed by atoms with Crippen LogP contribution in [0.1, 0.15) is 51.4 Å². The van der Waals surface area contributed by atoms with Crippen molar-refractivity contribution in [1.29, 1.82) is 0 Å². The summed E-state index contributed by atoms with van der Waals surface area (Å²) >= 11 is 0. The molecular weight excluding hydrogens is 264 g/mol. The second kappa shape index (κ2) is 7.10. The van der Waals surface area contributed by atoms with Crippen molar-refractivity contribution in [1.82, 2.24) is 10.2 Å². The zero-order chi connectivity index (χ0) is 14.5. The van der Waals surface area contributed by atoms with Gasteiger partial charge in [-0.05, 0) is 31.7 Å². The Morgan fingerprint density at radius 2 is 2.10 bits per heavy atom. The molecule has 4 heteroatoms. The van der Waals surface area contributed by atoms with E-state index in [0.717, 1.165) is 38.8 Å². The maximum atomic E-state index is 12.1. The van der Waals surface area contributed by atoms with Crippen molar-refractivity contribution < 1.29 is 9.53 Å². The van der Waals surface area contributed by atoms with E-state index in [2.05, 4.69) is 10.2 Å². The van der Waals surface area contributed by atoms with E-state index in [-0.39, 0.29) is 5.91 Å². The lowest BCUT2D eigenvalue weighted by atomic mass is 9.87. The minimum absolute atomic E-state index is 0.210. The van der Waals surface area contributed by atoms with E-state index in [4.69, 9.17) is 4.74 Å². The summed E-state index contributed by atoms with van der Waals surface area (Å²) < 4.78 is 5.54. The van der Waals surface area contributed by atoms with Crippen LogP contribution in [-0.4, -0.2) is 50.2 Å². The third-order valence-electron chi connectivity index (χ3n) is 5.67. The van der Waals surface area contributed by atoms with Gasteiger partial charge >= 0.3 is 0 Å². The quantitative estimate of drug-likeness (QED) is 0.845. The maximum absolute atomic E-state index is 12.1. The molecule has 2 saturated heterocycles. The zero-order valence-corrected chi connectivity index (χ0v) is 13.2. The Hall–Kier alpha value is -0.610. The predicted molar refractivity (Wildman–Crippen MR) is 83.1 cm³/mol. The van der Waals surface area contributed by atoms with Gasteiger partial charge in [0, 0.05) is 25.1 Å². The van der Waals surface area contributed by atoms with Gasteiger partial charge in [0.15, 0.2) is 0 Å². The summed E-state index contributed by atoms with van der Waals surface area (Å²) in [6.45, 7) is 5.34. The summed E-state index contributed by atoms with van der Waals surface area (Å²) in [5.74, 6) is 1.06. The second-order valence-electron chi connectivity index (χ2n) is 7.41. The summed E-state index contributed by atoms with van der Waals surface area (Å²) in [6.07, 6.45) is 10.4. The van der Waals surface area contributed by atoms with Crippen LogP contribution in [0.3, 0.4) is 0 Å². The largest absolute Gasteiger partial charge is 0.381 e. The summed E-state index contributed by atoms with van der Waals surface area (Å²) in [5.41, 5.74) is 0.363. The molecule has 1 N–H and O–H groups in total. The van der Waals surface area contributed by atoms with E-state index in [1.54, 1.807) is 0 Å². The average Bonchev–Trinajstić information content (AvgIpc) is 3.11. The Balaban J connectivity index is 1.31. The van der Waals surface area contributed by atoms with Crippen LogP contribution >= 0.6 is 0 Å². The van der Waals surface area contributed by atoms with Gasteiger partial charge in [-0.2, -0.15) is 0 Å². The number of amides is 1. The Morgan fingerprint density at radius 1 is 1.24 bits per heavy atom. The van der Waals surface area contributed by atoms with E-state index < -0.39 is 0 Å². The third-order valence-corrected chi connectivity index (χ3v) is 5.67. The van der Waals surface area contributed by atoms with Crippen LogP contribution in [-0.2, 0) is 9.53 Å². The molecule has 3 rings (SSSR count). The molecule has 120 valence electrons. The number of ether oxygens (including phenoxy) is 1. The molecule has 4 nitrogen and oxygen atoms in total. The van der Waals surface area contributed by atoms with E-state index >= 15 is 0 Å². The van der Waals surface area contributed by atoms with Crippen LogP contribution in [0, 0.1) is 11.3 Å². The van der Waals surface area contributed by atoms with Gasteiger partial charge in [-0.15, -0.1) is 0 Å². The Morgan fingerprint density at radius 3 is 2.86 bits per heavy atom. The normalized spacial score (nSPS) is 31.0. The molecular formula is C17H30N2O2. The molecule has 3 fully saturated rings. The van der Waals surface area contributed by atoms with Gasteiger partial charge in [-0.25, -0.2) is 0 Å². The smallest absolute Gasteiger partial charge is 0.234 e. The van der Waals surface area contributed by atoms with Gasteiger partial charge in [-0.3, -0.25) is 9.69 Å². The van der Waals surface area contributed by atoms with Crippen LogP contribution < -0.4 is 5.32 Å². The molecule has 1 saturated carbocycles. The molecule has 1 atom stereocenters. The molecule has 3 aliphatic rings. The molecule has 2 aliphatic heterocycles. The third kappa shape index (κ3) is 4.19. The molecule has 1 aliphatic carbocycles. The SMILES string of the molecule is O=C(CN1CC[C@]2(CCOC2)C1)NCCC1CCCCC1. The summed E-state index contributed by atoms with van der Waals surface area (Å²) in [6, 6.07) is 0. The highest BCUT2D eigenvalue weighted by Gasteiger charge is 2.41. The van der Waals surface area contributed by atoms with Crippen molar-refractivity contribution in [2.75, 3.05) is 39.4 Å². The molecule has 0 unspecified atom stereocenters. The molecule has 0 aromatic rings. The molecule has 0 aromatic heterocycles. The average molecular weight is 294 g/mol. The van der Waals surface area contributed by atoms with Crippen LogP contribution in [0.2, 0.25) is 0 Å². The van der Waals surface area contributed by atoms with Crippen LogP contribution in [0.25, 0.3) is 0 Å². The maximum Gasteiger partial charge on any atom is 0.234 e. The first kappa shape index (κ1) is 15.3. The highest BCUT2D eigenvalue weighted by molar-refractivity contribution is 5.78. The van der Waals surface area contributed by atoms with Crippen LogP contribution in [0.15, 0.2) is 0 Å². The zero-order valence-electron chi connectivity index (χ0n) is 13.2. The first-order valence-electron chi connectivity index (χ1n) is 8.83. The number of nitrogens with one attached hydrogen (secondary N) is 1. The molecule has 1 spiro atoms. The van der Waals surface area contributed by atoms with Crippen LogP contribution in [0.4, 0.5) is 0 Å². The molecule has 0 radical (unpaired) electrons. The number of carbonyl (C=O) groups excluding carboxylic acids is 1. The van der Waals surface area contributed by atoms with Gasteiger partial charge in [0.2, 0.25) is 5.91 Å². The first-order valence-corrected chi connectivity index (χ1v) is 8.83. The summed E-state index contributed by atoms with van der Waals surface area (Å²) in [7, 11) is 0. The summed E-state index contributed by atoms with van der Waals surface area (Å²) in [4.78, 5) is 14.4. The lowest BCUT2D eigenvalue weighted by Gasteiger charge is -2.23. The van der Waals surface area contributed by atoms with Crippen molar-refractivity contribution in [3.05, 3.63) is 0 Å². The van der Waals surface area contributed by atoms with Crippen molar-refractivity contribution in [3.8, 4) is 0 Å². The van der Waals surface area contributed by atoms with Crippen molar-refractivity contribution in [3.63, 3.8) is 0 Å². The Labute approximate surface area is 128 Å². The van der Waals surface area contributed by atoms with Crippen molar-refractivity contribution in [2.45, 2.75) is 51.4 Å². The van der Waals surface area contributed by atoms with E-state index in [1.165, 1.54) is 51.4 Å². The Bertz CT molecular complexity index is 347. The monoisotopic (exact) mass is 294 g/mol. The van der Waals surface area contributed by atoms with E-state index in [0.29, 0.717) is 12.0 Å². The minimum atomic E-state index is 0.210. The highest BCUT2D eigenvalue weighted by atomic mass is 16.5. The Kier molecular flexibility index (Phi) is 5.17. The molecule has 21 heavy (non-hydrogen) atoms. The lowest BCUT2D eigenvalue weighted by molar-refractivity contribution is -0.122. The molecule has 1 amide bonds. The predicted octanol–water partition coefficient (Wildman–Crippen LogP) is 2.19. The fraction of sp³-hybridized carbons (Fsp3) is 0.941.